The summed E-state index contributed by atoms with van der Waals surface area (Å²) in [7, 11) is -1.45. The highest BCUT2D eigenvalue weighted by molar-refractivity contribution is 9.10. The molecule has 0 bridgehead atoms. The fraction of sp³-hybridized carbons (Fsp3) is 0. The molecular weight excluding hydrogens is 269 g/mol. The van der Waals surface area contributed by atoms with Crippen molar-refractivity contribution < 1.29 is 10.0 Å². The quantitative estimate of drug-likeness (QED) is 0.811. The lowest BCUT2D eigenvalue weighted by Gasteiger charge is -2.06. The van der Waals surface area contributed by atoms with Crippen LogP contribution in [0.15, 0.2) is 47.1 Å². The minimum atomic E-state index is -1.45. The van der Waals surface area contributed by atoms with E-state index in [9.17, 15) is 0 Å². The molecule has 2 N–H and O–H groups in total. The van der Waals surface area contributed by atoms with E-state index in [1.165, 1.54) is 0 Å². The zero-order valence-electron chi connectivity index (χ0n) is 8.34. The molecule has 2 rings (SSSR count). The molecular formula is C11H9BBrNO2. The highest BCUT2D eigenvalue weighted by Gasteiger charge is 2.13. The van der Waals surface area contributed by atoms with Crippen LogP contribution in [0.3, 0.4) is 0 Å². The summed E-state index contributed by atoms with van der Waals surface area (Å²) in [6.45, 7) is 0. The first kappa shape index (κ1) is 11.3. The fourth-order valence-electron chi connectivity index (χ4n) is 1.42. The minimum absolute atomic E-state index is 0.451. The molecule has 1 aromatic heterocycles. The van der Waals surface area contributed by atoms with E-state index in [0.29, 0.717) is 5.46 Å². The van der Waals surface area contributed by atoms with Crippen molar-refractivity contribution in [1.82, 2.24) is 4.98 Å². The van der Waals surface area contributed by atoms with Crippen LogP contribution >= 0.6 is 15.9 Å². The number of hydrogen-bond acceptors (Lipinski definition) is 3. The van der Waals surface area contributed by atoms with E-state index >= 15 is 0 Å². The predicted octanol–water partition coefficient (Wildman–Crippen LogP) is 1.19. The monoisotopic (exact) mass is 277 g/mol. The molecule has 2 aromatic rings. The van der Waals surface area contributed by atoms with Gasteiger partial charge in [0.15, 0.2) is 0 Å². The van der Waals surface area contributed by atoms with Crippen LogP contribution in [0.4, 0.5) is 0 Å². The molecule has 0 spiro atoms. The summed E-state index contributed by atoms with van der Waals surface area (Å²) in [4.78, 5) is 4.23. The van der Waals surface area contributed by atoms with Gasteiger partial charge in [-0.25, -0.2) is 0 Å². The molecule has 0 aliphatic heterocycles. The fourth-order valence-corrected chi connectivity index (χ4v) is 2.02. The Morgan fingerprint density at radius 3 is 2.50 bits per heavy atom. The topological polar surface area (TPSA) is 53.4 Å². The molecule has 5 heteroatoms. The molecule has 0 aliphatic carbocycles. The number of aromatic nitrogens is 1. The van der Waals surface area contributed by atoms with Gasteiger partial charge in [0, 0.05) is 16.2 Å². The van der Waals surface area contributed by atoms with Crippen molar-refractivity contribution in [3.63, 3.8) is 0 Å². The van der Waals surface area contributed by atoms with E-state index in [1.54, 1.807) is 24.4 Å². The molecule has 0 unspecified atom stereocenters. The second-order valence-electron chi connectivity index (χ2n) is 3.33. The van der Waals surface area contributed by atoms with Crippen LogP contribution in [0.1, 0.15) is 0 Å². The van der Waals surface area contributed by atoms with Crippen molar-refractivity contribution in [2.75, 3.05) is 0 Å². The third-order valence-corrected chi connectivity index (χ3v) is 2.89. The van der Waals surface area contributed by atoms with E-state index in [-0.39, 0.29) is 0 Å². The predicted molar refractivity (Wildman–Crippen MR) is 67.2 cm³/mol. The van der Waals surface area contributed by atoms with Gasteiger partial charge in [0.25, 0.3) is 0 Å². The summed E-state index contributed by atoms with van der Waals surface area (Å²) in [5.41, 5.74) is 2.21. The van der Waals surface area contributed by atoms with Crippen molar-refractivity contribution >= 4 is 28.5 Å². The van der Waals surface area contributed by atoms with Crippen LogP contribution in [-0.2, 0) is 0 Å². The average Bonchev–Trinajstić information content (AvgIpc) is 2.30. The highest BCUT2D eigenvalue weighted by Crippen LogP contribution is 2.25. The molecule has 1 aromatic carbocycles. The van der Waals surface area contributed by atoms with Crippen LogP contribution < -0.4 is 5.46 Å². The summed E-state index contributed by atoms with van der Waals surface area (Å²) >= 11 is 3.39. The van der Waals surface area contributed by atoms with E-state index < -0.39 is 7.12 Å². The van der Waals surface area contributed by atoms with Gasteiger partial charge in [-0.15, -0.1) is 0 Å². The van der Waals surface area contributed by atoms with Crippen LogP contribution in [0, 0.1) is 0 Å². The van der Waals surface area contributed by atoms with Crippen molar-refractivity contribution in [2.24, 2.45) is 0 Å². The van der Waals surface area contributed by atoms with E-state index in [1.807, 2.05) is 18.2 Å². The molecule has 1 heterocycles. The standard InChI is InChI=1S/C11H9BBrNO2/c13-10-7-8(12(15)16)4-5-9(10)11-3-1-2-6-14-11/h1-7,15-16H. The van der Waals surface area contributed by atoms with Gasteiger partial charge in [0.2, 0.25) is 0 Å². The summed E-state index contributed by atoms with van der Waals surface area (Å²) in [6.07, 6.45) is 1.72. The normalized spacial score (nSPS) is 10.2. The Bertz CT molecular complexity index is 491. The highest BCUT2D eigenvalue weighted by atomic mass is 79.9. The molecule has 0 saturated heterocycles. The first-order chi connectivity index (χ1) is 7.68. The minimum Gasteiger partial charge on any atom is -0.423 e. The number of nitrogens with zero attached hydrogens (tertiary/aromatic N) is 1. The maximum Gasteiger partial charge on any atom is 0.488 e. The number of halogens is 1. The van der Waals surface area contributed by atoms with Gasteiger partial charge >= 0.3 is 7.12 Å². The first-order valence-electron chi connectivity index (χ1n) is 4.75. The zero-order chi connectivity index (χ0) is 11.5. The van der Waals surface area contributed by atoms with Gasteiger partial charge in [0.1, 0.15) is 0 Å². The van der Waals surface area contributed by atoms with Crippen LogP contribution in [0.5, 0.6) is 0 Å². The maximum atomic E-state index is 9.03. The molecule has 0 atom stereocenters. The smallest absolute Gasteiger partial charge is 0.423 e. The Morgan fingerprint density at radius 1 is 1.12 bits per heavy atom. The number of pyridine rings is 1. The first-order valence-corrected chi connectivity index (χ1v) is 5.55. The lowest BCUT2D eigenvalue weighted by atomic mass is 9.80. The van der Waals surface area contributed by atoms with Gasteiger partial charge in [-0.2, -0.15) is 0 Å². The van der Waals surface area contributed by atoms with Crippen molar-refractivity contribution in [3.05, 3.63) is 47.1 Å². The molecule has 80 valence electrons. The number of benzene rings is 1. The Kier molecular flexibility index (Phi) is 3.38. The van der Waals surface area contributed by atoms with E-state index in [0.717, 1.165) is 15.7 Å². The van der Waals surface area contributed by atoms with Gasteiger partial charge in [-0.05, 0) is 23.7 Å². The van der Waals surface area contributed by atoms with Crippen molar-refractivity contribution in [3.8, 4) is 11.3 Å². The summed E-state index contributed by atoms with van der Waals surface area (Å²) in [5, 5.41) is 18.1. The van der Waals surface area contributed by atoms with Crippen LogP contribution in [-0.4, -0.2) is 22.2 Å². The summed E-state index contributed by atoms with van der Waals surface area (Å²) in [5.74, 6) is 0. The van der Waals surface area contributed by atoms with Gasteiger partial charge in [-0.3, -0.25) is 4.98 Å². The second kappa shape index (κ2) is 4.78. The third-order valence-electron chi connectivity index (χ3n) is 2.23. The molecule has 0 amide bonds. The largest absolute Gasteiger partial charge is 0.488 e. The molecule has 0 fully saturated rings. The average molecular weight is 278 g/mol. The van der Waals surface area contributed by atoms with Gasteiger partial charge in [0.05, 0.1) is 5.69 Å². The number of rotatable bonds is 2. The van der Waals surface area contributed by atoms with Crippen molar-refractivity contribution in [2.45, 2.75) is 0 Å². The lowest BCUT2D eigenvalue weighted by Crippen LogP contribution is -2.29. The van der Waals surface area contributed by atoms with Crippen LogP contribution in [0.25, 0.3) is 11.3 Å². The van der Waals surface area contributed by atoms with E-state index in [4.69, 9.17) is 10.0 Å². The third kappa shape index (κ3) is 2.32. The van der Waals surface area contributed by atoms with Crippen molar-refractivity contribution in [1.29, 1.82) is 0 Å². The second-order valence-corrected chi connectivity index (χ2v) is 4.18. The Labute approximate surface area is 102 Å². The zero-order valence-corrected chi connectivity index (χ0v) is 9.92. The van der Waals surface area contributed by atoms with Crippen LogP contribution in [0.2, 0.25) is 0 Å². The van der Waals surface area contributed by atoms with E-state index in [2.05, 4.69) is 20.9 Å². The maximum absolute atomic E-state index is 9.03. The number of hydrogen-bond donors (Lipinski definition) is 2. The Balaban J connectivity index is 2.45. The molecule has 0 radical (unpaired) electrons. The Morgan fingerprint density at radius 2 is 1.94 bits per heavy atom. The molecule has 0 aliphatic rings. The lowest BCUT2D eigenvalue weighted by molar-refractivity contribution is 0.426. The van der Waals surface area contributed by atoms with Gasteiger partial charge < -0.3 is 10.0 Å². The SMILES string of the molecule is OB(O)c1ccc(-c2ccccn2)c(Br)c1. The Hall–Kier alpha value is -1.17. The van der Waals surface area contributed by atoms with Gasteiger partial charge in [-0.1, -0.05) is 34.1 Å². The summed E-state index contributed by atoms with van der Waals surface area (Å²) < 4.78 is 0.789. The summed E-state index contributed by atoms with van der Waals surface area (Å²) in [6, 6.07) is 10.8. The molecule has 0 saturated carbocycles. The molecule has 16 heavy (non-hydrogen) atoms. The molecule has 3 nitrogen and oxygen atoms in total.